The molecule has 8 heteroatoms. The van der Waals surface area contributed by atoms with Crippen LogP contribution in [0.3, 0.4) is 0 Å². The third-order valence-corrected chi connectivity index (χ3v) is 4.51. The van der Waals surface area contributed by atoms with Crippen molar-refractivity contribution >= 4 is 16.8 Å². The molecule has 0 aliphatic heterocycles. The number of aromatic amines is 1. The maximum absolute atomic E-state index is 12.5. The van der Waals surface area contributed by atoms with E-state index in [1.165, 1.54) is 20.3 Å². The van der Waals surface area contributed by atoms with Gasteiger partial charge in [-0.3, -0.25) is 9.59 Å². The Bertz CT molecular complexity index is 872. The molecule has 1 amide bonds. The van der Waals surface area contributed by atoms with E-state index in [0.29, 0.717) is 35.5 Å². The van der Waals surface area contributed by atoms with Gasteiger partial charge in [0.15, 0.2) is 11.5 Å². The number of hydrogen-bond donors (Lipinski definition) is 3. The smallest absolute Gasteiger partial charge is 0.265 e. The molecule has 0 bridgehead atoms. The molecule has 0 fully saturated rings. The van der Waals surface area contributed by atoms with Gasteiger partial charge in [-0.15, -0.1) is 0 Å². The van der Waals surface area contributed by atoms with E-state index < -0.39 is 11.5 Å². The van der Waals surface area contributed by atoms with Crippen LogP contribution in [0, 0.1) is 0 Å². The molecule has 28 heavy (non-hydrogen) atoms. The number of hydrogen-bond acceptors (Lipinski definition) is 6. The van der Waals surface area contributed by atoms with E-state index in [1.54, 1.807) is 6.07 Å². The van der Waals surface area contributed by atoms with E-state index in [9.17, 15) is 14.7 Å². The molecule has 154 valence electrons. The Morgan fingerprint density at radius 1 is 1.11 bits per heavy atom. The van der Waals surface area contributed by atoms with Gasteiger partial charge in [-0.1, -0.05) is 13.8 Å². The van der Waals surface area contributed by atoms with Crippen LogP contribution in [0.25, 0.3) is 10.9 Å². The number of benzene rings is 1. The summed E-state index contributed by atoms with van der Waals surface area (Å²) in [5.74, 6) is -0.188. The topological polar surface area (TPSA) is 104 Å². The Labute approximate surface area is 164 Å². The average molecular weight is 391 g/mol. The molecule has 2 aromatic rings. The Morgan fingerprint density at radius 2 is 1.71 bits per heavy atom. The zero-order chi connectivity index (χ0) is 20.7. The number of aromatic hydroxyl groups is 1. The van der Waals surface area contributed by atoms with E-state index in [-0.39, 0.29) is 11.3 Å². The molecule has 0 unspecified atom stereocenters. The summed E-state index contributed by atoms with van der Waals surface area (Å²) in [6, 6.07) is 3.07. The van der Waals surface area contributed by atoms with Crippen LogP contribution in [-0.4, -0.2) is 61.3 Å². The minimum absolute atomic E-state index is 0.306. The van der Waals surface area contributed by atoms with Gasteiger partial charge in [-0.05, 0) is 32.0 Å². The number of rotatable bonds is 10. The zero-order valence-corrected chi connectivity index (χ0v) is 16.9. The summed E-state index contributed by atoms with van der Waals surface area (Å²) in [7, 11) is 2.95. The van der Waals surface area contributed by atoms with Crippen LogP contribution in [0.15, 0.2) is 16.9 Å². The Balaban J connectivity index is 2.26. The second kappa shape index (κ2) is 9.98. The lowest BCUT2D eigenvalue weighted by Crippen LogP contribution is -2.37. The highest BCUT2D eigenvalue weighted by Crippen LogP contribution is 2.35. The lowest BCUT2D eigenvalue weighted by Gasteiger charge is -2.21. The number of ether oxygens (including phenoxy) is 2. The molecule has 3 N–H and O–H groups in total. The van der Waals surface area contributed by atoms with Gasteiger partial charge < -0.3 is 29.8 Å². The van der Waals surface area contributed by atoms with Crippen LogP contribution in [0.1, 0.15) is 37.0 Å². The van der Waals surface area contributed by atoms with Crippen molar-refractivity contribution < 1.29 is 19.4 Å². The summed E-state index contributed by atoms with van der Waals surface area (Å²) in [6.45, 7) is 7.20. The first-order valence-electron chi connectivity index (χ1n) is 9.48. The molecule has 0 atom stereocenters. The van der Waals surface area contributed by atoms with Gasteiger partial charge in [0.2, 0.25) is 0 Å². The molecular formula is C20H29N3O5. The molecular weight excluding hydrogens is 362 g/mol. The van der Waals surface area contributed by atoms with Crippen molar-refractivity contribution in [2.45, 2.75) is 26.7 Å². The Morgan fingerprint density at radius 3 is 2.29 bits per heavy atom. The van der Waals surface area contributed by atoms with Crippen molar-refractivity contribution in [1.29, 1.82) is 0 Å². The summed E-state index contributed by atoms with van der Waals surface area (Å²) in [5.41, 5.74) is -0.611. The third-order valence-electron chi connectivity index (χ3n) is 4.51. The largest absolute Gasteiger partial charge is 0.506 e. The number of nitrogens with zero attached hydrogens (tertiary/aromatic N) is 1. The molecule has 8 nitrogen and oxygen atoms in total. The molecule has 2 rings (SSSR count). The lowest BCUT2D eigenvalue weighted by molar-refractivity contribution is 0.0944. The zero-order valence-electron chi connectivity index (χ0n) is 16.9. The van der Waals surface area contributed by atoms with Gasteiger partial charge in [0, 0.05) is 24.5 Å². The minimum Gasteiger partial charge on any atom is -0.506 e. The van der Waals surface area contributed by atoms with Crippen LogP contribution >= 0.6 is 0 Å². The molecule has 0 radical (unpaired) electrons. The van der Waals surface area contributed by atoms with E-state index in [4.69, 9.17) is 9.47 Å². The second-order valence-electron chi connectivity index (χ2n) is 6.53. The predicted molar refractivity (Wildman–Crippen MR) is 109 cm³/mol. The van der Waals surface area contributed by atoms with Gasteiger partial charge in [0.25, 0.3) is 11.5 Å². The van der Waals surface area contributed by atoms with Crippen LogP contribution in [0.5, 0.6) is 17.2 Å². The molecule has 0 aliphatic carbocycles. The minimum atomic E-state index is -0.659. The van der Waals surface area contributed by atoms with E-state index in [2.05, 4.69) is 29.0 Å². The SMILES string of the molecule is CCCN(CCC)CCNC(=O)c1c(O)c2cc(OC)c(OC)cc2[nH]c1=O. The molecule has 0 aliphatic rings. The van der Waals surface area contributed by atoms with Gasteiger partial charge in [0.1, 0.15) is 11.3 Å². The van der Waals surface area contributed by atoms with Crippen molar-refractivity contribution in [2.24, 2.45) is 0 Å². The van der Waals surface area contributed by atoms with E-state index >= 15 is 0 Å². The number of carbonyl (C=O) groups is 1. The van der Waals surface area contributed by atoms with Crippen LogP contribution in [-0.2, 0) is 0 Å². The Hall–Kier alpha value is -2.74. The highest BCUT2D eigenvalue weighted by atomic mass is 16.5. The quantitative estimate of drug-likeness (QED) is 0.573. The molecule has 1 aromatic carbocycles. The van der Waals surface area contributed by atoms with E-state index in [0.717, 1.165) is 25.9 Å². The van der Waals surface area contributed by atoms with Crippen LogP contribution < -0.4 is 20.3 Å². The van der Waals surface area contributed by atoms with Crippen molar-refractivity contribution in [2.75, 3.05) is 40.4 Å². The number of methoxy groups -OCH3 is 2. The highest BCUT2D eigenvalue weighted by Gasteiger charge is 2.20. The van der Waals surface area contributed by atoms with Crippen LogP contribution in [0.4, 0.5) is 0 Å². The standard InChI is InChI=1S/C20H29N3O5/c1-5-8-23(9-6-2)10-7-21-19(25)17-18(24)13-11-15(27-3)16(28-4)12-14(13)22-20(17)26/h11-12H,5-10H2,1-4H3,(H,21,25)(H2,22,24,26). The first-order valence-corrected chi connectivity index (χ1v) is 9.48. The van der Waals surface area contributed by atoms with Crippen molar-refractivity contribution in [3.8, 4) is 17.2 Å². The van der Waals surface area contributed by atoms with Crippen molar-refractivity contribution in [3.63, 3.8) is 0 Å². The Kier molecular flexibility index (Phi) is 7.69. The summed E-state index contributed by atoms with van der Waals surface area (Å²) < 4.78 is 10.4. The molecule has 1 heterocycles. The van der Waals surface area contributed by atoms with Gasteiger partial charge >= 0.3 is 0 Å². The summed E-state index contributed by atoms with van der Waals surface area (Å²) in [6.07, 6.45) is 2.06. The summed E-state index contributed by atoms with van der Waals surface area (Å²) >= 11 is 0. The fourth-order valence-electron chi connectivity index (χ4n) is 3.20. The second-order valence-corrected chi connectivity index (χ2v) is 6.53. The molecule has 0 saturated carbocycles. The van der Waals surface area contributed by atoms with Gasteiger partial charge in [-0.25, -0.2) is 0 Å². The number of amides is 1. The van der Waals surface area contributed by atoms with Gasteiger partial charge in [-0.2, -0.15) is 0 Å². The number of nitrogens with one attached hydrogen (secondary N) is 2. The monoisotopic (exact) mass is 391 g/mol. The number of carbonyl (C=O) groups excluding carboxylic acids is 1. The highest BCUT2D eigenvalue weighted by molar-refractivity contribution is 6.02. The van der Waals surface area contributed by atoms with Crippen molar-refractivity contribution in [1.82, 2.24) is 15.2 Å². The average Bonchev–Trinajstić information content (AvgIpc) is 2.67. The number of fused-ring (bicyclic) bond motifs is 1. The van der Waals surface area contributed by atoms with Gasteiger partial charge in [0.05, 0.1) is 19.7 Å². The predicted octanol–water partition coefficient (Wildman–Crippen LogP) is 2.10. The van der Waals surface area contributed by atoms with Crippen LogP contribution in [0.2, 0.25) is 0 Å². The molecule has 1 aromatic heterocycles. The lowest BCUT2D eigenvalue weighted by atomic mass is 10.1. The van der Waals surface area contributed by atoms with Crippen molar-refractivity contribution in [3.05, 3.63) is 28.0 Å². The molecule has 0 spiro atoms. The number of pyridine rings is 1. The normalized spacial score (nSPS) is 11.0. The maximum Gasteiger partial charge on any atom is 0.265 e. The first-order chi connectivity index (χ1) is 13.5. The summed E-state index contributed by atoms with van der Waals surface area (Å²) in [4.78, 5) is 29.8. The van der Waals surface area contributed by atoms with E-state index in [1.807, 2.05) is 0 Å². The molecule has 0 saturated heterocycles. The first kappa shape index (κ1) is 21.6. The fourth-order valence-corrected chi connectivity index (χ4v) is 3.20. The summed E-state index contributed by atoms with van der Waals surface area (Å²) in [5, 5.41) is 13.6. The number of aromatic nitrogens is 1. The number of H-pyrrole nitrogens is 1. The third kappa shape index (κ3) is 4.75. The maximum atomic E-state index is 12.5. The fraction of sp³-hybridized carbons (Fsp3) is 0.500.